The van der Waals surface area contributed by atoms with E-state index in [0.717, 1.165) is 38.9 Å². The molecule has 49 heavy (non-hydrogen) atoms. The second kappa shape index (κ2) is 16.4. The molecule has 0 amide bonds. The van der Waals surface area contributed by atoms with Crippen LogP contribution in [0.25, 0.3) is 10.9 Å². The summed E-state index contributed by atoms with van der Waals surface area (Å²) >= 11 is 0. The average molecular weight is 704 g/mol. The number of hydrogen-bond donors (Lipinski definition) is 3. The highest BCUT2D eigenvalue weighted by Gasteiger charge is 2.18. The van der Waals surface area contributed by atoms with Crippen LogP contribution >= 0.6 is 0 Å². The minimum atomic E-state index is -3.79. The molecule has 0 saturated carbocycles. The molecule has 0 fully saturated rings. The number of hydrogen-bond acceptors (Lipinski definition) is 8. The summed E-state index contributed by atoms with van der Waals surface area (Å²) in [4.78, 5) is 4.40. The van der Waals surface area contributed by atoms with Gasteiger partial charge < -0.3 is 14.0 Å². The van der Waals surface area contributed by atoms with Crippen LogP contribution in [-0.4, -0.2) is 34.7 Å². The Labute approximate surface area is 288 Å². The standard InChI is InChI=1S/C29H31N3O4S.C7H10N2O2S/c1-5-21(2)19-32-24(18-30-31-37(33,34)25-13-11-22(3)12-14-25)17-26-27(32)15-16-28(35-4)29(26)36-20-23-9-7-6-8-10-23;1-6-2-4-7(5-3-6)12(10,11)9-8/h5-18,31H,19-20H2,1-4H3;2-5,9H,8H2,1H3. The molecule has 0 radical (unpaired) electrons. The van der Waals surface area contributed by atoms with E-state index in [1.165, 1.54) is 18.3 Å². The lowest BCUT2D eigenvalue weighted by atomic mass is 10.2. The van der Waals surface area contributed by atoms with Crippen molar-refractivity contribution >= 4 is 37.2 Å². The van der Waals surface area contributed by atoms with Crippen molar-refractivity contribution in [3.05, 3.63) is 131 Å². The highest BCUT2D eigenvalue weighted by atomic mass is 32.2. The first-order valence-electron chi connectivity index (χ1n) is 15.3. The maximum absolute atomic E-state index is 12.7. The first-order chi connectivity index (χ1) is 23.4. The van der Waals surface area contributed by atoms with Crippen LogP contribution in [0.5, 0.6) is 11.5 Å². The number of benzene rings is 4. The van der Waals surface area contributed by atoms with Gasteiger partial charge in [0.15, 0.2) is 11.5 Å². The molecule has 1 heterocycles. The molecular weight excluding hydrogens is 663 g/mol. The molecule has 258 valence electrons. The lowest BCUT2D eigenvalue weighted by Gasteiger charge is -2.13. The minimum absolute atomic E-state index is 0.155. The number of ether oxygens (including phenoxy) is 2. The van der Waals surface area contributed by atoms with Crippen molar-refractivity contribution in [2.45, 2.75) is 50.6 Å². The van der Waals surface area contributed by atoms with Gasteiger partial charge in [-0.2, -0.15) is 18.4 Å². The molecule has 4 aromatic carbocycles. The third-order valence-corrected chi connectivity index (χ3v) is 10.0. The van der Waals surface area contributed by atoms with Crippen molar-refractivity contribution in [1.29, 1.82) is 0 Å². The number of fused-ring (bicyclic) bond motifs is 1. The lowest BCUT2D eigenvalue weighted by molar-refractivity contribution is 0.288. The molecule has 0 aliphatic carbocycles. The van der Waals surface area contributed by atoms with Gasteiger partial charge in [-0.3, -0.25) is 5.84 Å². The molecule has 4 N–H and O–H groups in total. The van der Waals surface area contributed by atoms with E-state index in [1.54, 1.807) is 48.3 Å². The van der Waals surface area contributed by atoms with Gasteiger partial charge in [0.25, 0.3) is 20.0 Å². The van der Waals surface area contributed by atoms with Crippen LogP contribution in [0.4, 0.5) is 0 Å². The zero-order valence-electron chi connectivity index (χ0n) is 28.0. The molecule has 0 aliphatic rings. The van der Waals surface area contributed by atoms with Gasteiger partial charge in [-0.15, -0.1) is 0 Å². The van der Waals surface area contributed by atoms with E-state index in [0.29, 0.717) is 24.7 Å². The van der Waals surface area contributed by atoms with Gasteiger partial charge in [-0.05, 0) is 75.7 Å². The predicted molar refractivity (Wildman–Crippen MR) is 193 cm³/mol. The highest BCUT2D eigenvalue weighted by Crippen LogP contribution is 2.38. The molecule has 1 aromatic heterocycles. The number of allylic oxidation sites excluding steroid dienone is 2. The topological polar surface area (TPSA) is 154 Å². The Kier molecular flexibility index (Phi) is 12.4. The average Bonchev–Trinajstić information content (AvgIpc) is 3.44. The van der Waals surface area contributed by atoms with E-state index < -0.39 is 20.0 Å². The van der Waals surface area contributed by atoms with Crippen molar-refractivity contribution in [2.24, 2.45) is 10.9 Å². The van der Waals surface area contributed by atoms with Gasteiger partial charge in [0, 0.05) is 11.9 Å². The Bertz CT molecular complexity index is 2140. The Morgan fingerprint density at radius 2 is 1.45 bits per heavy atom. The Morgan fingerprint density at radius 3 is 2.00 bits per heavy atom. The van der Waals surface area contributed by atoms with Crippen molar-refractivity contribution in [3.63, 3.8) is 0 Å². The second-order valence-corrected chi connectivity index (χ2v) is 14.6. The van der Waals surface area contributed by atoms with E-state index in [4.69, 9.17) is 15.3 Å². The number of methoxy groups -OCH3 is 1. The van der Waals surface area contributed by atoms with Crippen LogP contribution in [0.15, 0.2) is 124 Å². The van der Waals surface area contributed by atoms with Gasteiger partial charge in [0.2, 0.25) is 0 Å². The summed E-state index contributed by atoms with van der Waals surface area (Å²) in [6.07, 6.45) is 3.56. The van der Waals surface area contributed by atoms with Gasteiger partial charge in [0.1, 0.15) is 6.61 Å². The van der Waals surface area contributed by atoms with Crippen LogP contribution in [0, 0.1) is 13.8 Å². The van der Waals surface area contributed by atoms with Crippen LogP contribution in [0.1, 0.15) is 36.2 Å². The summed E-state index contributed by atoms with van der Waals surface area (Å²) in [6, 6.07) is 28.8. The SMILES string of the molecule is CC=C(C)Cn1c(C=NNS(=O)(=O)c2ccc(C)cc2)cc2c(OCc3ccccc3)c(OC)ccc21.Cc1ccc(S(=O)(=O)NN)cc1. The lowest BCUT2D eigenvalue weighted by Crippen LogP contribution is -2.30. The van der Waals surface area contributed by atoms with E-state index in [2.05, 4.69) is 14.5 Å². The molecule has 0 aliphatic heterocycles. The number of aromatic nitrogens is 1. The van der Waals surface area contributed by atoms with Crippen LogP contribution in [0.2, 0.25) is 0 Å². The molecule has 5 aromatic rings. The molecule has 0 spiro atoms. The number of nitrogens with zero attached hydrogens (tertiary/aromatic N) is 2. The third kappa shape index (κ3) is 9.57. The quantitative estimate of drug-likeness (QED) is 0.0627. The maximum atomic E-state index is 12.7. The fourth-order valence-corrected chi connectivity index (χ4v) is 6.11. The van der Waals surface area contributed by atoms with Crippen molar-refractivity contribution in [2.75, 3.05) is 7.11 Å². The van der Waals surface area contributed by atoms with Gasteiger partial charge >= 0.3 is 0 Å². The van der Waals surface area contributed by atoms with E-state index in [-0.39, 0.29) is 9.79 Å². The summed E-state index contributed by atoms with van der Waals surface area (Å²) in [5.74, 6) is 6.08. The van der Waals surface area contributed by atoms with Crippen LogP contribution in [-0.2, 0) is 33.2 Å². The number of nitrogens with two attached hydrogens (primary N) is 1. The maximum Gasteiger partial charge on any atom is 0.276 e. The molecule has 5 rings (SSSR count). The number of nitrogens with one attached hydrogen (secondary N) is 2. The fourth-order valence-electron chi connectivity index (χ4n) is 4.69. The number of aryl methyl sites for hydroxylation is 2. The summed E-state index contributed by atoms with van der Waals surface area (Å²) in [5, 5.41) is 4.94. The second-order valence-electron chi connectivity index (χ2n) is 11.2. The Hall–Kier alpha value is -4.95. The van der Waals surface area contributed by atoms with Crippen molar-refractivity contribution in [3.8, 4) is 11.5 Å². The first kappa shape index (κ1) is 36.9. The van der Waals surface area contributed by atoms with E-state index >= 15 is 0 Å². The van der Waals surface area contributed by atoms with Crippen LogP contribution in [0.3, 0.4) is 0 Å². The molecular formula is C36H41N5O6S2. The molecule has 0 bridgehead atoms. The number of sulfonamides is 2. The zero-order chi connectivity index (χ0) is 35.6. The Morgan fingerprint density at radius 1 is 0.857 bits per heavy atom. The Balaban J connectivity index is 0.000000380. The predicted octanol–water partition coefficient (Wildman–Crippen LogP) is 5.96. The molecule has 11 nitrogen and oxygen atoms in total. The first-order valence-corrected chi connectivity index (χ1v) is 18.2. The van der Waals surface area contributed by atoms with Crippen molar-refractivity contribution < 1.29 is 26.3 Å². The molecule has 0 saturated heterocycles. The highest BCUT2D eigenvalue weighted by molar-refractivity contribution is 7.89. The molecule has 0 unspecified atom stereocenters. The summed E-state index contributed by atoms with van der Waals surface area (Å²) < 4.78 is 61.5. The van der Waals surface area contributed by atoms with Crippen molar-refractivity contribution in [1.82, 2.24) is 14.2 Å². The summed E-state index contributed by atoms with van der Waals surface area (Å²) in [5.41, 5.74) is 5.82. The van der Waals surface area contributed by atoms with Gasteiger partial charge in [-0.1, -0.05) is 77.4 Å². The smallest absolute Gasteiger partial charge is 0.276 e. The van der Waals surface area contributed by atoms with Crippen LogP contribution < -0.4 is 25.0 Å². The summed E-state index contributed by atoms with van der Waals surface area (Å²) in [6.45, 7) is 8.81. The third-order valence-electron chi connectivity index (χ3n) is 7.57. The fraction of sp³-hybridized carbons (Fsp3) is 0.194. The normalized spacial score (nSPS) is 12.1. The number of hydrazone groups is 1. The molecule has 0 atom stereocenters. The zero-order valence-corrected chi connectivity index (χ0v) is 29.7. The molecule has 13 heteroatoms. The van der Waals surface area contributed by atoms with E-state index in [9.17, 15) is 16.8 Å². The minimum Gasteiger partial charge on any atom is -0.493 e. The summed E-state index contributed by atoms with van der Waals surface area (Å²) in [7, 11) is -5.67. The largest absolute Gasteiger partial charge is 0.493 e. The number of rotatable bonds is 12. The van der Waals surface area contributed by atoms with Gasteiger partial charge in [-0.25, -0.2) is 13.2 Å². The van der Waals surface area contributed by atoms with E-state index in [1.807, 2.05) is 82.3 Å². The van der Waals surface area contributed by atoms with Gasteiger partial charge in [0.05, 0.1) is 34.3 Å². The number of hydrazine groups is 1. The monoisotopic (exact) mass is 703 g/mol.